The van der Waals surface area contributed by atoms with Crippen molar-refractivity contribution < 1.29 is 19.2 Å². The van der Waals surface area contributed by atoms with Crippen LogP contribution in [0.3, 0.4) is 0 Å². The SMILES string of the molecule is C[C@H](NC(=O)CN1C(=O)C(=O)N([C@H]2CCCC[C@@H]2C)C1=O)c1cccc2ccccc12. The molecular weight excluding hydrogens is 394 g/mol. The summed E-state index contributed by atoms with van der Waals surface area (Å²) in [6, 6.07) is 12.5. The maximum atomic E-state index is 12.9. The Morgan fingerprint density at radius 1 is 1.03 bits per heavy atom. The molecule has 2 fully saturated rings. The molecule has 2 aromatic rings. The molecule has 1 saturated carbocycles. The van der Waals surface area contributed by atoms with E-state index in [2.05, 4.69) is 5.32 Å². The molecule has 2 aromatic carbocycles. The van der Waals surface area contributed by atoms with E-state index in [-0.39, 0.29) is 18.0 Å². The van der Waals surface area contributed by atoms with Crippen molar-refractivity contribution in [3.8, 4) is 0 Å². The third kappa shape index (κ3) is 3.92. The Balaban J connectivity index is 1.46. The van der Waals surface area contributed by atoms with E-state index in [1.165, 1.54) is 0 Å². The number of hydrogen-bond donors (Lipinski definition) is 1. The number of nitrogens with zero attached hydrogens (tertiary/aromatic N) is 2. The van der Waals surface area contributed by atoms with Crippen molar-refractivity contribution >= 4 is 34.5 Å². The third-order valence-corrected chi connectivity index (χ3v) is 6.45. The van der Waals surface area contributed by atoms with Crippen LogP contribution < -0.4 is 5.32 Å². The Morgan fingerprint density at radius 2 is 1.74 bits per heavy atom. The second-order valence-corrected chi connectivity index (χ2v) is 8.54. The largest absolute Gasteiger partial charge is 0.348 e. The second-order valence-electron chi connectivity index (χ2n) is 8.54. The number of carbonyl (C=O) groups excluding carboxylic acids is 4. The highest BCUT2D eigenvalue weighted by atomic mass is 16.2. The molecule has 2 aliphatic rings. The van der Waals surface area contributed by atoms with Gasteiger partial charge in [-0.3, -0.25) is 19.3 Å². The van der Waals surface area contributed by atoms with Crippen molar-refractivity contribution in [1.82, 2.24) is 15.1 Å². The molecule has 7 nitrogen and oxygen atoms in total. The van der Waals surface area contributed by atoms with Gasteiger partial charge in [-0.25, -0.2) is 9.69 Å². The summed E-state index contributed by atoms with van der Waals surface area (Å²) in [6.07, 6.45) is 3.59. The third-order valence-electron chi connectivity index (χ3n) is 6.45. The number of rotatable bonds is 5. The molecule has 7 heteroatoms. The van der Waals surface area contributed by atoms with E-state index in [4.69, 9.17) is 0 Å². The van der Waals surface area contributed by atoms with Crippen LogP contribution >= 0.6 is 0 Å². The number of nitrogens with one attached hydrogen (secondary N) is 1. The zero-order valence-electron chi connectivity index (χ0n) is 17.8. The molecule has 5 amide bonds. The van der Waals surface area contributed by atoms with Gasteiger partial charge in [-0.15, -0.1) is 0 Å². The average Bonchev–Trinajstić information content (AvgIpc) is 2.97. The van der Waals surface area contributed by atoms with Gasteiger partial charge in [0, 0.05) is 6.04 Å². The lowest BCUT2D eigenvalue weighted by molar-refractivity contribution is -0.145. The van der Waals surface area contributed by atoms with Gasteiger partial charge in [-0.1, -0.05) is 62.2 Å². The molecule has 162 valence electrons. The fraction of sp³-hybridized carbons (Fsp3) is 0.417. The first kappa shape index (κ1) is 21.0. The minimum Gasteiger partial charge on any atom is -0.348 e. The van der Waals surface area contributed by atoms with E-state index in [0.717, 1.165) is 45.4 Å². The minimum atomic E-state index is -0.921. The Hall–Kier alpha value is -3.22. The summed E-state index contributed by atoms with van der Waals surface area (Å²) in [7, 11) is 0. The lowest BCUT2D eigenvalue weighted by Crippen LogP contribution is -2.47. The summed E-state index contributed by atoms with van der Waals surface area (Å²) in [5.74, 6) is -2.07. The van der Waals surface area contributed by atoms with E-state index >= 15 is 0 Å². The number of imide groups is 2. The smallest absolute Gasteiger partial charge is 0.334 e. The Kier molecular flexibility index (Phi) is 5.76. The van der Waals surface area contributed by atoms with Crippen LogP contribution in [-0.2, 0) is 14.4 Å². The fourth-order valence-electron chi connectivity index (χ4n) is 4.77. The minimum absolute atomic E-state index is 0.148. The van der Waals surface area contributed by atoms with Gasteiger partial charge in [-0.05, 0) is 42.0 Å². The van der Waals surface area contributed by atoms with Crippen molar-refractivity contribution in [2.45, 2.75) is 51.6 Å². The van der Waals surface area contributed by atoms with Gasteiger partial charge in [-0.2, -0.15) is 0 Å². The predicted octanol–water partition coefficient (Wildman–Crippen LogP) is 3.39. The Bertz CT molecular complexity index is 1040. The van der Waals surface area contributed by atoms with Crippen molar-refractivity contribution in [2.24, 2.45) is 5.92 Å². The molecule has 0 unspecified atom stereocenters. The maximum Gasteiger partial charge on any atom is 0.334 e. The molecule has 31 heavy (non-hydrogen) atoms. The summed E-state index contributed by atoms with van der Waals surface area (Å²) in [4.78, 5) is 52.4. The van der Waals surface area contributed by atoms with Gasteiger partial charge in [0.05, 0.1) is 6.04 Å². The number of amides is 5. The first-order chi connectivity index (χ1) is 14.9. The number of urea groups is 1. The fourth-order valence-corrected chi connectivity index (χ4v) is 4.77. The Labute approximate surface area is 181 Å². The molecule has 1 heterocycles. The highest BCUT2D eigenvalue weighted by Crippen LogP contribution is 2.31. The molecule has 1 aliphatic carbocycles. The number of carbonyl (C=O) groups is 4. The number of benzene rings is 2. The molecular formula is C24H27N3O4. The van der Waals surface area contributed by atoms with Crippen molar-refractivity contribution in [1.29, 1.82) is 0 Å². The maximum absolute atomic E-state index is 12.9. The van der Waals surface area contributed by atoms with Gasteiger partial charge in [0.1, 0.15) is 6.54 Å². The lowest BCUT2D eigenvalue weighted by atomic mass is 9.85. The second kappa shape index (κ2) is 8.49. The first-order valence-corrected chi connectivity index (χ1v) is 10.8. The van der Waals surface area contributed by atoms with Gasteiger partial charge >= 0.3 is 17.8 Å². The normalized spacial score (nSPS) is 22.8. The van der Waals surface area contributed by atoms with E-state index in [1.807, 2.05) is 56.3 Å². The number of fused-ring (bicyclic) bond motifs is 1. The lowest BCUT2D eigenvalue weighted by Gasteiger charge is -2.34. The predicted molar refractivity (Wildman–Crippen MR) is 116 cm³/mol. The van der Waals surface area contributed by atoms with Gasteiger partial charge in [0.25, 0.3) is 0 Å². The molecule has 3 atom stereocenters. The van der Waals surface area contributed by atoms with Crippen LogP contribution in [0.25, 0.3) is 10.8 Å². The van der Waals surface area contributed by atoms with E-state index in [9.17, 15) is 19.2 Å². The van der Waals surface area contributed by atoms with Crippen molar-refractivity contribution in [3.05, 3.63) is 48.0 Å². The van der Waals surface area contributed by atoms with E-state index in [1.54, 1.807) is 0 Å². The van der Waals surface area contributed by atoms with Crippen LogP contribution in [-0.4, -0.2) is 46.1 Å². The summed E-state index contributed by atoms with van der Waals surface area (Å²) in [6.45, 7) is 3.39. The van der Waals surface area contributed by atoms with Crippen molar-refractivity contribution in [3.63, 3.8) is 0 Å². The molecule has 0 aromatic heterocycles. The van der Waals surface area contributed by atoms with Crippen LogP contribution in [0.1, 0.15) is 51.1 Å². The molecule has 0 radical (unpaired) electrons. The summed E-state index contributed by atoms with van der Waals surface area (Å²) < 4.78 is 0. The summed E-state index contributed by atoms with van der Waals surface area (Å²) in [5.41, 5.74) is 0.944. The summed E-state index contributed by atoms with van der Waals surface area (Å²) >= 11 is 0. The van der Waals surface area contributed by atoms with Crippen LogP contribution in [0.2, 0.25) is 0 Å². The zero-order valence-corrected chi connectivity index (χ0v) is 17.8. The molecule has 4 rings (SSSR count). The Morgan fingerprint density at radius 3 is 2.52 bits per heavy atom. The first-order valence-electron chi connectivity index (χ1n) is 10.8. The van der Waals surface area contributed by atoms with Crippen LogP contribution in [0.15, 0.2) is 42.5 Å². The monoisotopic (exact) mass is 421 g/mol. The number of hydrogen-bond acceptors (Lipinski definition) is 4. The van der Waals surface area contributed by atoms with Crippen molar-refractivity contribution in [2.75, 3.05) is 6.54 Å². The van der Waals surface area contributed by atoms with E-state index < -0.39 is 30.3 Å². The molecule has 1 N–H and O–H groups in total. The molecule has 0 spiro atoms. The molecule has 0 bridgehead atoms. The molecule has 1 aliphatic heterocycles. The van der Waals surface area contributed by atoms with Gasteiger partial charge in [0.15, 0.2) is 0 Å². The summed E-state index contributed by atoms with van der Waals surface area (Å²) in [5, 5.41) is 4.95. The van der Waals surface area contributed by atoms with E-state index in [0.29, 0.717) is 6.42 Å². The quantitative estimate of drug-likeness (QED) is 0.592. The van der Waals surface area contributed by atoms with Crippen LogP contribution in [0, 0.1) is 5.92 Å². The highest BCUT2D eigenvalue weighted by Gasteiger charge is 2.49. The standard InChI is InChI=1S/C24H27N3O4/c1-15-8-3-6-13-20(15)27-23(30)22(29)26(24(27)31)14-21(28)25-16(2)18-12-7-10-17-9-4-5-11-19(17)18/h4-5,7,9-12,15-16,20H,3,6,8,13-14H2,1-2H3,(H,25,28)/t15-,16-,20-/m0/s1. The van der Waals surface area contributed by atoms with Gasteiger partial charge in [0.2, 0.25) is 5.91 Å². The molecule has 1 saturated heterocycles. The van der Waals surface area contributed by atoms with Crippen LogP contribution in [0.4, 0.5) is 4.79 Å². The van der Waals surface area contributed by atoms with Gasteiger partial charge < -0.3 is 5.32 Å². The zero-order chi connectivity index (χ0) is 22.1. The highest BCUT2D eigenvalue weighted by molar-refractivity contribution is 6.45. The average molecular weight is 421 g/mol. The van der Waals surface area contributed by atoms with Crippen LogP contribution in [0.5, 0.6) is 0 Å². The topological polar surface area (TPSA) is 86.8 Å².